The average Bonchev–Trinajstić information content (AvgIpc) is 4.19. The number of benzene rings is 2. The third-order valence-electron chi connectivity index (χ3n) is 13.0. The van der Waals surface area contributed by atoms with E-state index in [4.69, 9.17) is 20.2 Å². The summed E-state index contributed by atoms with van der Waals surface area (Å²) in [6.07, 6.45) is 7.37. The number of aryl methyl sites for hydroxylation is 5. The highest BCUT2D eigenvalue weighted by molar-refractivity contribution is 6.08. The number of nitrogens with one attached hydrogen (secondary N) is 2. The lowest BCUT2D eigenvalue weighted by molar-refractivity contribution is 0.0986. The number of hydrogen-bond donors (Lipinski definition) is 4. The third-order valence-corrected chi connectivity index (χ3v) is 13.0. The number of nitrogens with zero attached hydrogens (tertiary/aromatic N) is 12. The maximum Gasteiger partial charge on any atom is 0.296 e. The van der Waals surface area contributed by atoms with Gasteiger partial charge in [0.2, 0.25) is 11.9 Å². The van der Waals surface area contributed by atoms with Gasteiger partial charge < -0.3 is 45.2 Å². The molecule has 0 unspecified atom stereocenters. The number of aromatic nitrogens is 9. The fourth-order valence-corrected chi connectivity index (χ4v) is 9.50. The largest absolute Gasteiger partial charge is 0.494 e. The van der Waals surface area contributed by atoms with E-state index in [1.807, 2.05) is 51.7 Å². The Bertz CT molecular complexity index is 3010. The zero-order valence-electron chi connectivity index (χ0n) is 43.1. The number of carbonyl (C=O) groups is 4. The molecule has 8 rings (SSSR count). The lowest BCUT2D eigenvalue weighted by Gasteiger charge is -2.32. The van der Waals surface area contributed by atoms with Crippen LogP contribution in [0.2, 0.25) is 0 Å². The summed E-state index contributed by atoms with van der Waals surface area (Å²) < 4.78 is 19.6. The van der Waals surface area contributed by atoms with Gasteiger partial charge in [-0.2, -0.15) is 15.2 Å². The van der Waals surface area contributed by atoms with Crippen molar-refractivity contribution in [3.8, 4) is 11.5 Å². The Hall–Kier alpha value is -7.56. The number of carbonyl (C=O) groups excluding carboxylic acids is 4. The molecule has 0 saturated carbocycles. The summed E-state index contributed by atoms with van der Waals surface area (Å²) in [5, 5.41) is 24.2. The van der Waals surface area contributed by atoms with Crippen molar-refractivity contribution in [2.24, 2.45) is 16.5 Å². The van der Waals surface area contributed by atoms with Gasteiger partial charge in [0.25, 0.3) is 11.8 Å². The van der Waals surface area contributed by atoms with E-state index in [0.29, 0.717) is 88.0 Å². The maximum atomic E-state index is 13.9. The highest BCUT2D eigenvalue weighted by atomic mass is 16.5. The predicted octanol–water partition coefficient (Wildman–Crippen LogP) is 4.81. The Kier molecular flexibility index (Phi) is 17.7. The molecular weight excluding hydrogens is 933 g/mol. The molecule has 388 valence electrons. The monoisotopic (exact) mass is 1000 g/mol. The average molecular weight is 1000 g/mol. The van der Waals surface area contributed by atoms with Crippen molar-refractivity contribution in [1.29, 1.82) is 0 Å². The Morgan fingerprint density at radius 3 is 2.33 bits per heavy atom. The number of nitrogens with two attached hydrogens (primary N) is 2. The fourth-order valence-electron chi connectivity index (χ4n) is 9.50. The lowest BCUT2D eigenvalue weighted by atomic mass is 9.95. The molecular formula is C51H68N16O6. The second kappa shape index (κ2) is 24.2. The normalized spacial score (nSPS) is 14.2. The number of amides is 3. The molecule has 1 fully saturated rings. The van der Waals surface area contributed by atoms with Crippen LogP contribution in [0.25, 0.3) is 11.0 Å². The SMILES string of the molecule is CCn1nc(C)cc1C(=O)N=C(C)N(C/C=C/Cn1c(NC(=O)c2cc(C)nn2CC)nc2cc(C(N)=O)cc(OC)c21)c1c(C)cc(C=O)cc1OCCCN1CCC(c2nnc3n2CCNC3)CC1.CN. The minimum atomic E-state index is -0.659. The summed E-state index contributed by atoms with van der Waals surface area (Å²) in [4.78, 5) is 66.0. The van der Waals surface area contributed by atoms with Crippen LogP contribution in [0, 0.1) is 20.8 Å². The first-order chi connectivity index (χ1) is 35.3. The van der Waals surface area contributed by atoms with Gasteiger partial charge in [-0.15, -0.1) is 10.2 Å². The fraction of sp³-hybridized carbons (Fsp3) is 0.451. The number of aldehydes is 1. The third kappa shape index (κ3) is 12.0. The Morgan fingerprint density at radius 2 is 1.64 bits per heavy atom. The zero-order chi connectivity index (χ0) is 52.3. The van der Waals surface area contributed by atoms with Crippen LogP contribution in [-0.2, 0) is 32.7 Å². The first-order valence-corrected chi connectivity index (χ1v) is 24.8. The molecule has 0 spiro atoms. The van der Waals surface area contributed by atoms with E-state index in [9.17, 15) is 19.2 Å². The first kappa shape index (κ1) is 53.2. The van der Waals surface area contributed by atoms with Crippen LogP contribution in [0.15, 0.2) is 53.5 Å². The second-order valence-electron chi connectivity index (χ2n) is 17.9. The molecule has 0 bridgehead atoms. The zero-order valence-corrected chi connectivity index (χ0v) is 43.1. The van der Waals surface area contributed by atoms with Crippen LogP contribution < -0.4 is 36.5 Å². The van der Waals surface area contributed by atoms with Crippen LogP contribution >= 0.6 is 0 Å². The predicted molar refractivity (Wildman–Crippen MR) is 279 cm³/mol. The number of piperidine rings is 1. The summed E-state index contributed by atoms with van der Waals surface area (Å²) in [6.45, 7) is 18.2. The number of anilines is 2. The van der Waals surface area contributed by atoms with Crippen molar-refractivity contribution in [2.45, 2.75) is 99.4 Å². The quantitative estimate of drug-likeness (QED) is 0.0279. The molecule has 0 atom stereocenters. The summed E-state index contributed by atoms with van der Waals surface area (Å²) in [6, 6.07) is 10.0. The molecule has 2 aromatic carbocycles. The first-order valence-electron chi connectivity index (χ1n) is 24.8. The highest BCUT2D eigenvalue weighted by Gasteiger charge is 2.28. The van der Waals surface area contributed by atoms with E-state index in [1.54, 1.807) is 51.2 Å². The van der Waals surface area contributed by atoms with Crippen molar-refractivity contribution in [2.75, 3.05) is 63.7 Å². The summed E-state index contributed by atoms with van der Waals surface area (Å²) in [5.74, 6) is 2.34. The number of imidazole rings is 1. The maximum absolute atomic E-state index is 13.9. The number of ether oxygens (including phenoxy) is 2. The van der Waals surface area contributed by atoms with E-state index in [0.717, 1.165) is 82.0 Å². The summed E-state index contributed by atoms with van der Waals surface area (Å²) in [5.41, 5.74) is 15.2. The number of methoxy groups -OCH3 is 1. The minimum absolute atomic E-state index is 0.185. The molecule has 2 aliphatic heterocycles. The number of fused-ring (bicyclic) bond motifs is 2. The van der Waals surface area contributed by atoms with E-state index in [2.05, 4.69) is 51.2 Å². The van der Waals surface area contributed by atoms with Gasteiger partial charge >= 0.3 is 0 Å². The molecule has 3 amide bonds. The summed E-state index contributed by atoms with van der Waals surface area (Å²) >= 11 is 0. The van der Waals surface area contributed by atoms with Gasteiger partial charge in [0, 0.05) is 62.9 Å². The van der Waals surface area contributed by atoms with Gasteiger partial charge in [-0.25, -0.2) is 4.98 Å². The standard InChI is InChI=1S/C50H63N15O6.CH5N/c1-8-64-39(24-32(4)58-64)48(68)53-34(6)61(17-10-11-18-63-45-38(27-37(46(51)67)28-41(45)70-7)54-50(63)55-49(69)40-25-33(5)59-65(40)9-2)44-31(3)23-35(30-66)26-42(44)71-22-12-16-60-19-13-36(14-20-60)47-57-56-43-29-52-15-21-62(43)47;1-2/h10-11,23-28,30,36,52H,8-9,12-22,29H2,1-7H3,(H2,51,67)(H,54,55,69);2H2,1H3/b11-10+,53-34?;. The van der Waals surface area contributed by atoms with Crippen LogP contribution in [0.4, 0.5) is 11.6 Å². The Morgan fingerprint density at radius 1 is 0.932 bits per heavy atom. The van der Waals surface area contributed by atoms with E-state index < -0.39 is 17.7 Å². The molecule has 0 aliphatic carbocycles. The topological polar surface area (TPSA) is 266 Å². The number of rotatable bonds is 19. The van der Waals surface area contributed by atoms with E-state index in [1.165, 1.54) is 20.2 Å². The van der Waals surface area contributed by atoms with Gasteiger partial charge in [0.1, 0.15) is 52.2 Å². The lowest BCUT2D eigenvalue weighted by Crippen LogP contribution is -2.36. The number of likely N-dealkylation sites (tertiary alicyclic amines) is 1. The van der Waals surface area contributed by atoms with E-state index in [-0.39, 0.29) is 24.6 Å². The molecule has 73 heavy (non-hydrogen) atoms. The number of allylic oxidation sites excluding steroid dienone is 1. The van der Waals surface area contributed by atoms with E-state index >= 15 is 0 Å². The van der Waals surface area contributed by atoms with Crippen molar-refractivity contribution >= 4 is 52.5 Å². The number of hydrogen-bond acceptors (Lipinski definition) is 14. The van der Waals surface area contributed by atoms with Crippen LogP contribution in [0.3, 0.4) is 0 Å². The Balaban J connectivity index is 0.00000385. The molecule has 0 radical (unpaired) electrons. The van der Waals surface area contributed by atoms with Crippen LogP contribution in [0.1, 0.15) is 116 Å². The second-order valence-corrected chi connectivity index (χ2v) is 17.9. The van der Waals surface area contributed by atoms with Crippen LogP contribution in [-0.4, -0.2) is 132 Å². The van der Waals surface area contributed by atoms with Gasteiger partial charge in [-0.1, -0.05) is 12.2 Å². The van der Waals surface area contributed by atoms with Crippen molar-refractivity contribution in [3.05, 3.63) is 99.7 Å². The van der Waals surface area contributed by atoms with Crippen molar-refractivity contribution in [1.82, 2.24) is 54.1 Å². The van der Waals surface area contributed by atoms with Gasteiger partial charge in [-0.3, -0.25) is 33.9 Å². The number of amidine groups is 1. The molecule has 22 heteroatoms. The van der Waals surface area contributed by atoms with Crippen molar-refractivity contribution < 1.29 is 28.7 Å². The Labute approximate surface area is 424 Å². The highest BCUT2D eigenvalue weighted by Crippen LogP contribution is 2.35. The molecule has 6 N–H and O–H groups in total. The van der Waals surface area contributed by atoms with Crippen LogP contribution in [0.5, 0.6) is 11.5 Å². The van der Waals surface area contributed by atoms with Gasteiger partial charge in [0.05, 0.1) is 42.9 Å². The van der Waals surface area contributed by atoms with Crippen molar-refractivity contribution in [3.63, 3.8) is 0 Å². The number of aliphatic imine (C=N–C) groups is 1. The molecule has 6 heterocycles. The molecule has 22 nitrogen and oxygen atoms in total. The molecule has 2 aliphatic rings. The smallest absolute Gasteiger partial charge is 0.296 e. The minimum Gasteiger partial charge on any atom is -0.494 e. The number of primary amides is 1. The molecule has 1 saturated heterocycles. The molecule has 4 aromatic heterocycles. The molecule has 6 aromatic rings. The van der Waals surface area contributed by atoms with Gasteiger partial charge in [-0.05, 0) is 123 Å². The van der Waals surface area contributed by atoms with Gasteiger partial charge in [0.15, 0.2) is 0 Å². The summed E-state index contributed by atoms with van der Waals surface area (Å²) in [7, 11) is 2.98.